The minimum absolute atomic E-state index is 0.467. The van der Waals surface area contributed by atoms with Crippen molar-refractivity contribution in [3.8, 4) is 0 Å². The number of aliphatic hydroxyl groups is 1. The minimum Gasteiger partial charge on any atom is -0.456 e. The van der Waals surface area contributed by atoms with Gasteiger partial charge < -0.3 is 47.7 Å². The predicted octanol–water partition coefficient (Wildman–Crippen LogP) is -0.695. The molecule has 0 aliphatic carbocycles. The smallest absolute Gasteiger partial charge is 0.303 e. The SMILES string of the molecule is CO[C@H]1O[C@H](CO)[C@H](O[C@@H]2O[C@@H](C)[C@H](OC(C)=O)[C@@H](OC(C)=O)[C@H]2OC(C)=O)[C@H](OC)[C@H]1OC. The molecule has 0 aromatic heterocycles. The highest BCUT2D eigenvalue weighted by molar-refractivity contribution is 5.68. The van der Waals surface area contributed by atoms with E-state index in [9.17, 15) is 19.5 Å². The topological polar surface area (TPSA) is 155 Å². The molecule has 0 aromatic carbocycles. The van der Waals surface area contributed by atoms with Gasteiger partial charge in [0, 0.05) is 42.1 Å². The number of ether oxygens (including phenoxy) is 9. The van der Waals surface area contributed by atoms with Gasteiger partial charge in [-0.05, 0) is 6.92 Å². The summed E-state index contributed by atoms with van der Waals surface area (Å²) in [4.78, 5) is 35.4. The van der Waals surface area contributed by atoms with Crippen molar-refractivity contribution >= 4 is 17.9 Å². The zero-order valence-electron chi connectivity index (χ0n) is 20.3. The van der Waals surface area contributed by atoms with Gasteiger partial charge >= 0.3 is 17.9 Å². The van der Waals surface area contributed by atoms with Crippen molar-refractivity contribution in [1.29, 1.82) is 0 Å². The molecule has 0 bridgehead atoms. The van der Waals surface area contributed by atoms with Gasteiger partial charge in [0.1, 0.15) is 24.4 Å². The molecule has 0 saturated carbocycles. The Bertz CT molecular complexity index is 700. The molecule has 34 heavy (non-hydrogen) atoms. The lowest BCUT2D eigenvalue weighted by Gasteiger charge is -2.48. The van der Waals surface area contributed by atoms with Crippen LogP contribution >= 0.6 is 0 Å². The number of carbonyl (C=O) groups is 3. The zero-order valence-corrected chi connectivity index (χ0v) is 20.3. The molecule has 0 spiro atoms. The van der Waals surface area contributed by atoms with Crippen molar-refractivity contribution in [2.24, 2.45) is 0 Å². The van der Waals surface area contributed by atoms with E-state index in [4.69, 9.17) is 42.6 Å². The molecule has 0 amide bonds. The fourth-order valence-electron chi connectivity index (χ4n) is 4.13. The molecule has 2 aliphatic rings. The van der Waals surface area contributed by atoms with Crippen LogP contribution in [0.15, 0.2) is 0 Å². The van der Waals surface area contributed by atoms with Crippen molar-refractivity contribution in [1.82, 2.24) is 0 Å². The molecule has 196 valence electrons. The van der Waals surface area contributed by atoms with Gasteiger partial charge in [-0.15, -0.1) is 0 Å². The third-order valence-electron chi connectivity index (χ3n) is 5.47. The molecular weight excluding hydrogens is 460 g/mol. The molecule has 0 radical (unpaired) electrons. The van der Waals surface area contributed by atoms with Crippen molar-refractivity contribution in [3.05, 3.63) is 0 Å². The number of hydrogen-bond acceptors (Lipinski definition) is 13. The zero-order chi connectivity index (χ0) is 25.6. The molecule has 2 heterocycles. The highest BCUT2D eigenvalue weighted by Crippen LogP contribution is 2.34. The highest BCUT2D eigenvalue weighted by Gasteiger charge is 2.54. The number of carbonyl (C=O) groups excluding carboxylic acids is 3. The van der Waals surface area contributed by atoms with E-state index in [2.05, 4.69) is 0 Å². The maximum absolute atomic E-state index is 11.9. The molecule has 2 rings (SSSR count). The van der Waals surface area contributed by atoms with Crippen LogP contribution in [0.4, 0.5) is 0 Å². The van der Waals surface area contributed by atoms with Gasteiger partial charge in [0.15, 0.2) is 30.9 Å². The standard InChI is InChI=1S/C21H34O13/c1-9-14(30-10(2)23)17(31-11(3)24)19(32-12(4)25)21(29-9)34-15-13(8-22)33-20(28-7)18(27-6)16(15)26-5/h9,13-22H,8H2,1-7H3/t9-,13+,14-,15-,16-,17+,18+,19+,20-,21-/m0/s1. The van der Waals surface area contributed by atoms with Crippen LogP contribution in [0.3, 0.4) is 0 Å². The molecule has 10 atom stereocenters. The van der Waals surface area contributed by atoms with Crippen LogP contribution in [0.2, 0.25) is 0 Å². The monoisotopic (exact) mass is 494 g/mol. The maximum atomic E-state index is 11.9. The minimum atomic E-state index is -1.32. The average Bonchev–Trinajstić information content (AvgIpc) is 2.77. The molecule has 0 aromatic rings. The largest absolute Gasteiger partial charge is 0.456 e. The van der Waals surface area contributed by atoms with Gasteiger partial charge in [-0.3, -0.25) is 14.4 Å². The fraction of sp³-hybridized carbons (Fsp3) is 0.857. The number of esters is 3. The molecule has 2 fully saturated rings. The lowest BCUT2D eigenvalue weighted by atomic mass is 9.96. The summed E-state index contributed by atoms with van der Waals surface area (Å²) in [5, 5.41) is 9.94. The summed E-state index contributed by atoms with van der Waals surface area (Å²) in [6.07, 6.45) is -10.1. The first-order valence-electron chi connectivity index (χ1n) is 10.7. The van der Waals surface area contributed by atoms with Crippen LogP contribution in [-0.4, -0.2) is 112 Å². The summed E-state index contributed by atoms with van der Waals surface area (Å²) in [5.41, 5.74) is 0. The first-order valence-corrected chi connectivity index (χ1v) is 10.7. The Morgan fingerprint density at radius 1 is 0.676 bits per heavy atom. The Kier molecular flexibility index (Phi) is 10.6. The third-order valence-corrected chi connectivity index (χ3v) is 5.47. The Morgan fingerprint density at radius 2 is 1.21 bits per heavy atom. The van der Waals surface area contributed by atoms with Crippen molar-refractivity contribution < 1.29 is 62.1 Å². The van der Waals surface area contributed by atoms with Crippen LogP contribution in [0.5, 0.6) is 0 Å². The van der Waals surface area contributed by atoms with Gasteiger partial charge in [-0.1, -0.05) is 0 Å². The number of aliphatic hydroxyl groups excluding tert-OH is 1. The predicted molar refractivity (Wildman–Crippen MR) is 110 cm³/mol. The normalized spacial score (nSPS) is 38.1. The maximum Gasteiger partial charge on any atom is 0.303 e. The molecule has 1 N–H and O–H groups in total. The second-order valence-electron chi connectivity index (χ2n) is 7.89. The van der Waals surface area contributed by atoms with Crippen LogP contribution < -0.4 is 0 Å². The molecular formula is C21H34O13. The fourth-order valence-corrected chi connectivity index (χ4v) is 4.13. The number of hydrogen-bond donors (Lipinski definition) is 1. The van der Waals surface area contributed by atoms with E-state index in [1.54, 1.807) is 6.92 Å². The molecule has 13 heteroatoms. The lowest BCUT2D eigenvalue weighted by molar-refractivity contribution is -0.359. The van der Waals surface area contributed by atoms with E-state index < -0.39 is 85.9 Å². The summed E-state index contributed by atoms with van der Waals surface area (Å²) in [5.74, 6) is -2.06. The number of rotatable bonds is 9. The Hall–Kier alpha value is -1.87. The first-order chi connectivity index (χ1) is 16.1. The van der Waals surface area contributed by atoms with E-state index in [1.165, 1.54) is 28.3 Å². The van der Waals surface area contributed by atoms with Gasteiger partial charge in [0.25, 0.3) is 0 Å². The summed E-state index contributed by atoms with van der Waals surface area (Å²) < 4.78 is 50.2. The van der Waals surface area contributed by atoms with Crippen LogP contribution in [0, 0.1) is 0 Å². The molecule has 2 aliphatic heterocycles. The van der Waals surface area contributed by atoms with Crippen LogP contribution in [-0.2, 0) is 57.0 Å². The number of methoxy groups -OCH3 is 3. The van der Waals surface area contributed by atoms with Crippen LogP contribution in [0.1, 0.15) is 27.7 Å². The van der Waals surface area contributed by atoms with E-state index in [1.807, 2.05) is 0 Å². The third kappa shape index (κ3) is 6.62. The van der Waals surface area contributed by atoms with Crippen molar-refractivity contribution in [2.75, 3.05) is 27.9 Å². The quantitative estimate of drug-likeness (QED) is 0.318. The molecule has 2 saturated heterocycles. The molecule has 13 nitrogen and oxygen atoms in total. The van der Waals surface area contributed by atoms with Crippen LogP contribution in [0.25, 0.3) is 0 Å². The van der Waals surface area contributed by atoms with Gasteiger partial charge in [-0.2, -0.15) is 0 Å². The summed E-state index contributed by atoms with van der Waals surface area (Å²) in [6.45, 7) is 4.62. The van der Waals surface area contributed by atoms with Gasteiger partial charge in [0.2, 0.25) is 0 Å². The van der Waals surface area contributed by atoms with Gasteiger partial charge in [0.05, 0.1) is 12.7 Å². The van der Waals surface area contributed by atoms with E-state index >= 15 is 0 Å². The van der Waals surface area contributed by atoms with Crippen molar-refractivity contribution in [2.45, 2.75) is 89.1 Å². The van der Waals surface area contributed by atoms with E-state index in [-0.39, 0.29) is 0 Å². The second-order valence-corrected chi connectivity index (χ2v) is 7.89. The molecule has 0 unspecified atom stereocenters. The Morgan fingerprint density at radius 3 is 1.68 bits per heavy atom. The highest BCUT2D eigenvalue weighted by atomic mass is 16.8. The Labute approximate surface area is 197 Å². The Balaban J connectivity index is 2.42. The first kappa shape index (κ1) is 28.4. The summed E-state index contributed by atoms with van der Waals surface area (Å²) >= 11 is 0. The second kappa shape index (κ2) is 12.7. The van der Waals surface area contributed by atoms with E-state index in [0.717, 1.165) is 13.8 Å². The van der Waals surface area contributed by atoms with Crippen molar-refractivity contribution in [3.63, 3.8) is 0 Å². The van der Waals surface area contributed by atoms with Gasteiger partial charge in [-0.25, -0.2) is 0 Å². The van der Waals surface area contributed by atoms with E-state index in [0.29, 0.717) is 0 Å². The summed E-state index contributed by atoms with van der Waals surface area (Å²) in [7, 11) is 4.27. The average molecular weight is 494 g/mol. The summed E-state index contributed by atoms with van der Waals surface area (Å²) in [6, 6.07) is 0. The lowest BCUT2D eigenvalue weighted by Crippen LogP contribution is -2.66.